The minimum atomic E-state index is -0.533. The van der Waals surface area contributed by atoms with Gasteiger partial charge in [0.05, 0.1) is 12.4 Å². The number of halogens is 2. The molecule has 4 nitrogen and oxygen atoms in total. The molecule has 0 saturated heterocycles. The van der Waals surface area contributed by atoms with Gasteiger partial charge < -0.3 is 0 Å². The number of hydrogen-bond acceptors (Lipinski definition) is 3. The Labute approximate surface area is 96.1 Å². The van der Waals surface area contributed by atoms with Gasteiger partial charge in [0.2, 0.25) is 5.28 Å². The summed E-state index contributed by atoms with van der Waals surface area (Å²) in [6.45, 7) is 0. The number of hydrogen-bond donors (Lipinski definition) is 0. The average Bonchev–Trinajstić information content (AvgIpc) is 3.01. The molecule has 82 valence electrons. The van der Waals surface area contributed by atoms with E-state index in [0.29, 0.717) is 5.92 Å². The van der Waals surface area contributed by atoms with Crippen molar-refractivity contribution in [2.75, 3.05) is 0 Å². The predicted octanol–water partition coefficient (Wildman–Crippen LogP) is 2.33. The van der Waals surface area contributed by atoms with E-state index in [2.05, 4.69) is 15.1 Å². The van der Waals surface area contributed by atoms with Crippen molar-refractivity contribution >= 4 is 11.6 Å². The van der Waals surface area contributed by atoms with Gasteiger partial charge in [-0.3, -0.25) is 0 Å². The zero-order valence-corrected chi connectivity index (χ0v) is 9.02. The Balaban J connectivity index is 2.03. The van der Waals surface area contributed by atoms with Gasteiger partial charge in [-0.15, -0.1) is 0 Å². The molecule has 0 N–H and O–H groups in total. The molecule has 0 unspecified atom stereocenters. The van der Waals surface area contributed by atoms with Crippen LogP contribution in [0.5, 0.6) is 0 Å². The Bertz CT molecular complexity index is 535. The van der Waals surface area contributed by atoms with E-state index in [1.807, 2.05) is 0 Å². The Hall–Kier alpha value is -1.49. The maximum Gasteiger partial charge on any atom is 0.224 e. The van der Waals surface area contributed by atoms with Gasteiger partial charge in [-0.05, 0) is 35.9 Å². The SMILES string of the molecule is Fc1cnc(Cl)nc1-n1cc(C2CC2)cn1. The van der Waals surface area contributed by atoms with Crippen molar-refractivity contribution in [1.29, 1.82) is 0 Å². The Morgan fingerprint density at radius 3 is 2.94 bits per heavy atom. The molecular formula is C10H8ClFN4. The molecule has 2 aromatic heterocycles. The van der Waals surface area contributed by atoms with Gasteiger partial charge in [0, 0.05) is 6.20 Å². The van der Waals surface area contributed by atoms with E-state index in [4.69, 9.17) is 11.6 Å². The predicted molar refractivity (Wildman–Crippen MR) is 56.1 cm³/mol. The van der Waals surface area contributed by atoms with Crippen molar-refractivity contribution in [3.05, 3.63) is 35.3 Å². The largest absolute Gasteiger partial charge is 0.224 e. The first kappa shape index (κ1) is 9.72. The van der Waals surface area contributed by atoms with Crippen LogP contribution in [0, 0.1) is 5.82 Å². The smallest absolute Gasteiger partial charge is 0.223 e. The first-order valence-corrected chi connectivity index (χ1v) is 5.35. The number of rotatable bonds is 2. The standard InChI is InChI=1S/C10H8ClFN4/c11-10-13-4-8(12)9(15-10)16-5-7(3-14-16)6-1-2-6/h3-6H,1-2H2. The highest BCUT2D eigenvalue weighted by molar-refractivity contribution is 6.28. The molecule has 0 amide bonds. The van der Waals surface area contributed by atoms with Gasteiger partial charge >= 0.3 is 0 Å². The molecule has 1 aliphatic carbocycles. The van der Waals surface area contributed by atoms with Gasteiger partial charge in [0.15, 0.2) is 11.6 Å². The minimum Gasteiger partial charge on any atom is -0.223 e. The molecule has 0 spiro atoms. The van der Waals surface area contributed by atoms with Crippen LogP contribution in [0.1, 0.15) is 24.3 Å². The molecule has 0 atom stereocenters. The molecule has 0 radical (unpaired) electrons. The van der Waals surface area contributed by atoms with Crippen LogP contribution in [0.25, 0.3) is 5.82 Å². The minimum absolute atomic E-state index is 0.0138. The molecule has 2 heterocycles. The third-order valence-electron chi connectivity index (χ3n) is 2.56. The highest BCUT2D eigenvalue weighted by Gasteiger charge is 2.25. The van der Waals surface area contributed by atoms with Crippen LogP contribution in [-0.4, -0.2) is 19.7 Å². The van der Waals surface area contributed by atoms with E-state index in [1.54, 1.807) is 12.4 Å². The molecule has 0 aliphatic heterocycles. The first-order valence-electron chi connectivity index (χ1n) is 4.97. The normalized spacial score (nSPS) is 15.4. The molecule has 1 fully saturated rings. The van der Waals surface area contributed by atoms with Crippen molar-refractivity contribution in [2.24, 2.45) is 0 Å². The molecule has 0 aromatic carbocycles. The zero-order chi connectivity index (χ0) is 11.1. The van der Waals surface area contributed by atoms with Crippen LogP contribution in [0.3, 0.4) is 0 Å². The summed E-state index contributed by atoms with van der Waals surface area (Å²) in [5.41, 5.74) is 1.12. The van der Waals surface area contributed by atoms with Crippen molar-refractivity contribution in [3.8, 4) is 5.82 Å². The summed E-state index contributed by atoms with van der Waals surface area (Å²) in [6.07, 6.45) is 6.94. The van der Waals surface area contributed by atoms with Crippen molar-refractivity contribution in [2.45, 2.75) is 18.8 Å². The van der Waals surface area contributed by atoms with E-state index < -0.39 is 5.82 Å². The average molecular weight is 239 g/mol. The maximum atomic E-state index is 13.4. The fraction of sp³-hybridized carbons (Fsp3) is 0.300. The molecular weight excluding hydrogens is 231 g/mol. The van der Waals surface area contributed by atoms with E-state index in [1.165, 1.54) is 17.5 Å². The maximum absolute atomic E-state index is 13.4. The molecule has 1 aliphatic rings. The van der Waals surface area contributed by atoms with Crippen molar-refractivity contribution < 1.29 is 4.39 Å². The second-order valence-electron chi connectivity index (χ2n) is 3.80. The monoisotopic (exact) mass is 238 g/mol. The summed E-state index contributed by atoms with van der Waals surface area (Å²) in [5.74, 6) is 0.135. The molecule has 3 rings (SSSR count). The quantitative estimate of drug-likeness (QED) is 0.755. The van der Waals surface area contributed by atoms with Crippen molar-refractivity contribution in [3.63, 3.8) is 0 Å². The number of nitrogens with zero attached hydrogens (tertiary/aromatic N) is 4. The summed E-state index contributed by atoms with van der Waals surface area (Å²) < 4.78 is 14.8. The Morgan fingerprint density at radius 2 is 2.19 bits per heavy atom. The fourth-order valence-corrected chi connectivity index (χ4v) is 1.71. The van der Waals surface area contributed by atoms with E-state index in [-0.39, 0.29) is 11.1 Å². The van der Waals surface area contributed by atoms with E-state index in [0.717, 1.165) is 11.8 Å². The van der Waals surface area contributed by atoms with Crippen LogP contribution < -0.4 is 0 Å². The van der Waals surface area contributed by atoms with Gasteiger partial charge in [-0.1, -0.05) is 0 Å². The van der Waals surface area contributed by atoms with Gasteiger partial charge in [-0.25, -0.2) is 14.1 Å². The van der Waals surface area contributed by atoms with Gasteiger partial charge in [0.25, 0.3) is 0 Å². The van der Waals surface area contributed by atoms with Crippen LogP contribution in [0.15, 0.2) is 18.6 Å². The third kappa shape index (κ3) is 1.67. The second kappa shape index (κ2) is 3.52. The van der Waals surface area contributed by atoms with Crippen LogP contribution >= 0.6 is 11.6 Å². The Morgan fingerprint density at radius 1 is 1.38 bits per heavy atom. The topological polar surface area (TPSA) is 43.6 Å². The first-order chi connectivity index (χ1) is 7.74. The van der Waals surface area contributed by atoms with Crippen LogP contribution in [-0.2, 0) is 0 Å². The molecule has 16 heavy (non-hydrogen) atoms. The van der Waals surface area contributed by atoms with Crippen LogP contribution in [0.4, 0.5) is 4.39 Å². The lowest BCUT2D eigenvalue weighted by Crippen LogP contribution is -2.02. The summed E-state index contributed by atoms with van der Waals surface area (Å²) in [4.78, 5) is 7.37. The lowest BCUT2D eigenvalue weighted by atomic mass is 10.2. The molecule has 0 bridgehead atoms. The molecule has 1 saturated carbocycles. The summed E-state index contributed by atoms with van der Waals surface area (Å²) >= 11 is 5.62. The van der Waals surface area contributed by atoms with Crippen LogP contribution in [0.2, 0.25) is 5.28 Å². The molecule has 2 aromatic rings. The lowest BCUT2D eigenvalue weighted by Gasteiger charge is -2.00. The lowest BCUT2D eigenvalue weighted by molar-refractivity contribution is 0.592. The summed E-state index contributed by atoms with van der Waals surface area (Å²) in [7, 11) is 0. The zero-order valence-electron chi connectivity index (χ0n) is 8.27. The third-order valence-corrected chi connectivity index (χ3v) is 2.75. The van der Waals surface area contributed by atoms with Gasteiger partial charge in [-0.2, -0.15) is 10.1 Å². The van der Waals surface area contributed by atoms with Crippen molar-refractivity contribution in [1.82, 2.24) is 19.7 Å². The highest BCUT2D eigenvalue weighted by Crippen LogP contribution is 2.39. The van der Waals surface area contributed by atoms with E-state index >= 15 is 0 Å². The second-order valence-corrected chi connectivity index (χ2v) is 4.14. The Kier molecular flexibility index (Phi) is 2.14. The summed E-state index contributed by atoms with van der Waals surface area (Å²) in [5, 5.41) is 4.09. The highest BCUT2D eigenvalue weighted by atomic mass is 35.5. The summed E-state index contributed by atoms with van der Waals surface area (Å²) in [6, 6.07) is 0. The molecule has 6 heteroatoms. The fourth-order valence-electron chi connectivity index (χ4n) is 1.58. The number of aromatic nitrogens is 4. The van der Waals surface area contributed by atoms with Gasteiger partial charge in [0.1, 0.15) is 0 Å². The van der Waals surface area contributed by atoms with E-state index in [9.17, 15) is 4.39 Å².